The molecule has 0 unspecified atom stereocenters. The summed E-state index contributed by atoms with van der Waals surface area (Å²) in [5.74, 6) is 0.0129. The summed E-state index contributed by atoms with van der Waals surface area (Å²) >= 11 is 0. The van der Waals surface area contributed by atoms with Gasteiger partial charge in [0.25, 0.3) is 0 Å². The van der Waals surface area contributed by atoms with Crippen LogP contribution in [-0.4, -0.2) is 9.97 Å². The number of H-pyrrole nitrogens is 2. The van der Waals surface area contributed by atoms with Gasteiger partial charge in [0.1, 0.15) is 0 Å². The molecule has 0 spiro atoms. The van der Waals surface area contributed by atoms with Crippen molar-refractivity contribution in [3.63, 3.8) is 0 Å². The molecule has 0 saturated carbocycles. The first-order valence-corrected chi connectivity index (χ1v) is 12.8. The van der Waals surface area contributed by atoms with Gasteiger partial charge in [-0.1, -0.05) is 127 Å². The number of aromatic nitrogens is 2. The number of hydrogen-bond donors (Lipinski definition) is 2. The fraction of sp³-hybridized carbons (Fsp3) is 0.0286. The van der Waals surface area contributed by atoms with Crippen LogP contribution in [0.5, 0.6) is 0 Å². The molecule has 0 aliphatic carbocycles. The third-order valence-electron chi connectivity index (χ3n) is 7.33. The van der Waals surface area contributed by atoms with E-state index in [-0.39, 0.29) is 5.92 Å². The smallest absolute Gasteiger partial charge is 0.0507 e. The molecule has 0 aliphatic rings. The fourth-order valence-corrected chi connectivity index (χ4v) is 5.72. The first-order valence-electron chi connectivity index (χ1n) is 12.8. The lowest BCUT2D eigenvalue weighted by molar-refractivity contribution is 1.00. The number of para-hydroxylation sites is 2. The SMILES string of the molecule is c1ccc(-c2[nH]c3ccccc3c2C(c2ccccc2)c2c(-c3ccccc3)[nH]c3ccccc23)cc1. The number of fused-ring (bicyclic) bond motifs is 2. The van der Waals surface area contributed by atoms with E-state index in [1.807, 2.05) is 0 Å². The monoisotopic (exact) mass is 474 g/mol. The van der Waals surface area contributed by atoms with E-state index in [2.05, 4.69) is 149 Å². The molecular weight excluding hydrogens is 448 g/mol. The summed E-state index contributed by atoms with van der Waals surface area (Å²) in [6.07, 6.45) is 0. The van der Waals surface area contributed by atoms with Gasteiger partial charge in [-0.3, -0.25) is 0 Å². The van der Waals surface area contributed by atoms with Crippen LogP contribution >= 0.6 is 0 Å². The molecule has 0 radical (unpaired) electrons. The Morgan fingerprint density at radius 2 is 0.757 bits per heavy atom. The number of benzene rings is 5. The third kappa shape index (κ3) is 3.66. The minimum absolute atomic E-state index is 0.0129. The minimum Gasteiger partial charge on any atom is -0.354 e. The van der Waals surface area contributed by atoms with E-state index in [1.54, 1.807) is 0 Å². The van der Waals surface area contributed by atoms with Gasteiger partial charge >= 0.3 is 0 Å². The number of aromatic amines is 2. The molecule has 2 heterocycles. The highest BCUT2D eigenvalue weighted by Crippen LogP contribution is 2.47. The molecular formula is C35H26N2. The van der Waals surface area contributed by atoms with E-state index >= 15 is 0 Å². The Hall–Kier alpha value is -4.82. The van der Waals surface area contributed by atoms with Gasteiger partial charge in [-0.25, -0.2) is 0 Å². The maximum absolute atomic E-state index is 3.79. The van der Waals surface area contributed by atoms with Crippen LogP contribution in [0.25, 0.3) is 44.3 Å². The Morgan fingerprint density at radius 1 is 0.378 bits per heavy atom. The van der Waals surface area contributed by atoms with Crippen LogP contribution < -0.4 is 0 Å². The number of hydrogen-bond acceptors (Lipinski definition) is 0. The zero-order valence-corrected chi connectivity index (χ0v) is 20.4. The van der Waals surface area contributed by atoms with Gasteiger partial charge < -0.3 is 9.97 Å². The third-order valence-corrected chi connectivity index (χ3v) is 7.33. The van der Waals surface area contributed by atoms with E-state index < -0.39 is 0 Å². The number of rotatable bonds is 5. The Balaban J connectivity index is 1.62. The normalized spacial score (nSPS) is 11.5. The Bertz CT molecular complexity index is 1690. The molecule has 2 nitrogen and oxygen atoms in total. The Morgan fingerprint density at radius 3 is 1.22 bits per heavy atom. The highest BCUT2D eigenvalue weighted by molar-refractivity contribution is 5.97. The molecule has 0 fully saturated rings. The van der Waals surface area contributed by atoms with Crippen molar-refractivity contribution in [2.75, 3.05) is 0 Å². The second-order valence-corrected chi connectivity index (χ2v) is 9.49. The summed E-state index contributed by atoms with van der Waals surface area (Å²) in [7, 11) is 0. The molecule has 0 saturated heterocycles. The molecule has 0 amide bonds. The van der Waals surface area contributed by atoms with Crippen LogP contribution in [0.4, 0.5) is 0 Å². The lowest BCUT2D eigenvalue weighted by Gasteiger charge is -2.22. The molecule has 2 N–H and O–H groups in total. The van der Waals surface area contributed by atoms with Crippen LogP contribution in [0.3, 0.4) is 0 Å². The van der Waals surface area contributed by atoms with Crippen LogP contribution in [-0.2, 0) is 0 Å². The van der Waals surface area contributed by atoms with Crippen molar-refractivity contribution >= 4 is 21.8 Å². The van der Waals surface area contributed by atoms with E-state index in [0.29, 0.717) is 0 Å². The van der Waals surface area contributed by atoms with Crippen LogP contribution in [0.15, 0.2) is 140 Å². The van der Waals surface area contributed by atoms with Crippen molar-refractivity contribution < 1.29 is 0 Å². The molecule has 7 aromatic rings. The Labute approximate surface area is 216 Å². The molecule has 0 bridgehead atoms. The Kier molecular flexibility index (Phi) is 5.22. The maximum atomic E-state index is 3.79. The second-order valence-electron chi connectivity index (χ2n) is 9.49. The highest BCUT2D eigenvalue weighted by atomic mass is 14.7. The van der Waals surface area contributed by atoms with Crippen molar-refractivity contribution in [2.24, 2.45) is 0 Å². The van der Waals surface area contributed by atoms with Gasteiger partial charge in [0, 0.05) is 27.7 Å². The molecule has 7 rings (SSSR count). The molecule has 5 aromatic carbocycles. The largest absolute Gasteiger partial charge is 0.354 e. The summed E-state index contributed by atoms with van der Waals surface area (Å²) in [6, 6.07) is 49.7. The molecule has 0 atom stereocenters. The second kappa shape index (κ2) is 9.00. The zero-order chi connectivity index (χ0) is 24.6. The van der Waals surface area contributed by atoms with E-state index in [1.165, 1.54) is 50.0 Å². The molecule has 2 aromatic heterocycles. The van der Waals surface area contributed by atoms with Gasteiger partial charge in [-0.2, -0.15) is 0 Å². The zero-order valence-electron chi connectivity index (χ0n) is 20.4. The van der Waals surface area contributed by atoms with Crippen molar-refractivity contribution in [2.45, 2.75) is 5.92 Å². The number of nitrogens with one attached hydrogen (secondary N) is 2. The van der Waals surface area contributed by atoms with Gasteiger partial charge in [0.05, 0.1) is 11.4 Å². The summed E-state index contributed by atoms with van der Waals surface area (Å²) in [5.41, 5.74) is 10.9. The predicted octanol–water partition coefficient (Wildman–Crippen LogP) is 9.16. The van der Waals surface area contributed by atoms with Crippen molar-refractivity contribution in [1.82, 2.24) is 9.97 Å². The topological polar surface area (TPSA) is 31.6 Å². The minimum atomic E-state index is 0.0129. The van der Waals surface area contributed by atoms with Crippen LogP contribution in [0, 0.1) is 0 Å². The van der Waals surface area contributed by atoms with E-state index in [0.717, 1.165) is 11.0 Å². The van der Waals surface area contributed by atoms with Crippen molar-refractivity contribution in [3.8, 4) is 22.5 Å². The van der Waals surface area contributed by atoms with E-state index in [9.17, 15) is 0 Å². The molecule has 176 valence electrons. The van der Waals surface area contributed by atoms with Gasteiger partial charge in [0.15, 0.2) is 0 Å². The van der Waals surface area contributed by atoms with Gasteiger partial charge in [0.2, 0.25) is 0 Å². The quantitative estimate of drug-likeness (QED) is 0.249. The van der Waals surface area contributed by atoms with Gasteiger partial charge in [-0.05, 0) is 39.9 Å². The molecule has 2 heteroatoms. The van der Waals surface area contributed by atoms with Crippen LogP contribution in [0.1, 0.15) is 22.6 Å². The lowest BCUT2D eigenvalue weighted by atomic mass is 9.80. The van der Waals surface area contributed by atoms with Crippen LogP contribution in [0.2, 0.25) is 0 Å². The fourth-order valence-electron chi connectivity index (χ4n) is 5.72. The first kappa shape index (κ1) is 21.5. The summed E-state index contributed by atoms with van der Waals surface area (Å²) < 4.78 is 0. The maximum Gasteiger partial charge on any atom is 0.0507 e. The first-order chi connectivity index (χ1) is 18.4. The van der Waals surface area contributed by atoms with Crippen molar-refractivity contribution in [1.29, 1.82) is 0 Å². The average Bonchev–Trinajstić information content (AvgIpc) is 3.55. The van der Waals surface area contributed by atoms with E-state index in [4.69, 9.17) is 0 Å². The standard InChI is InChI=1S/C35H26N2/c1-4-14-24(15-5-1)31(32-27-20-10-12-22-29(27)36-34(32)25-16-6-2-7-17-25)33-28-21-11-13-23-30(28)37-35(33)26-18-8-3-9-19-26/h1-23,31,36-37H. The summed E-state index contributed by atoms with van der Waals surface area (Å²) in [6.45, 7) is 0. The average molecular weight is 475 g/mol. The summed E-state index contributed by atoms with van der Waals surface area (Å²) in [5, 5.41) is 2.50. The molecule has 37 heavy (non-hydrogen) atoms. The highest BCUT2D eigenvalue weighted by Gasteiger charge is 2.29. The van der Waals surface area contributed by atoms with Gasteiger partial charge in [-0.15, -0.1) is 0 Å². The predicted molar refractivity (Wildman–Crippen MR) is 155 cm³/mol. The lowest BCUT2D eigenvalue weighted by Crippen LogP contribution is -2.06. The van der Waals surface area contributed by atoms with Crippen molar-refractivity contribution in [3.05, 3.63) is 156 Å². The molecule has 0 aliphatic heterocycles. The summed E-state index contributed by atoms with van der Waals surface area (Å²) in [4.78, 5) is 7.58.